The Hall–Kier alpha value is -1.71. The molecular weight excluding hydrogens is 159 g/mol. The molecule has 1 heterocycles. The maximum atomic E-state index is 13.0. The zero-order valence-electron chi connectivity index (χ0n) is 5.99. The van der Waals surface area contributed by atoms with Crippen LogP contribution in [0.25, 0.3) is 11.5 Å². The van der Waals surface area contributed by atoms with Crippen molar-refractivity contribution in [3.8, 4) is 11.5 Å². The second-order valence-electron chi connectivity index (χ2n) is 2.18. The molecule has 0 saturated carbocycles. The molecule has 0 aliphatic heterocycles. The van der Waals surface area contributed by atoms with Gasteiger partial charge in [-0.2, -0.15) is 0 Å². The van der Waals surface area contributed by atoms with Crippen molar-refractivity contribution in [3.05, 3.63) is 36.5 Å². The van der Waals surface area contributed by atoms with Gasteiger partial charge in [0.15, 0.2) is 0 Å². The molecule has 0 fully saturated rings. The molecule has 4 heteroatoms. The third kappa shape index (κ3) is 1.07. The molecule has 0 atom stereocenters. The predicted octanol–water partition coefficient (Wildman–Crippen LogP) is 1.68. The van der Waals surface area contributed by atoms with Crippen molar-refractivity contribution in [2.45, 2.75) is 0 Å². The van der Waals surface area contributed by atoms with Gasteiger partial charge in [0.2, 0.25) is 0 Å². The first kappa shape index (κ1) is 6.97. The zero-order valence-corrected chi connectivity index (χ0v) is 5.99. The van der Waals surface area contributed by atoms with E-state index in [4.69, 9.17) is 4.42 Å². The fourth-order valence-corrected chi connectivity index (χ4v) is 0.893. The monoisotopic (exact) mass is 163 g/mol. The molecule has 0 amide bonds. The molecule has 2 aromatic rings. The summed E-state index contributed by atoms with van der Waals surface area (Å²) in [6, 6.07) is 6.19. The summed E-state index contributed by atoms with van der Waals surface area (Å²) in [6.07, 6.45) is 2.15. The lowest BCUT2D eigenvalue weighted by molar-refractivity contribution is 0.549. The number of halogens is 1. The topological polar surface area (TPSA) is 38.9 Å². The molecule has 2 rings (SSSR count). The lowest BCUT2D eigenvalue weighted by Gasteiger charge is -1.93. The van der Waals surface area contributed by atoms with Crippen LogP contribution in [0, 0.1) is 12.2 Å². The molecule has 3 nitrogen and oxygen atoms in total. The van der Waals surface area contributed by atoms with Crippen LogP contribution in [0.15, 0.2) is 28.7 Å². The Labute approximate surface area is 67.9 Å². The quantitative estimate of drug-likeness (QED) is 0.641. The summed E-state index contributed by atoms with van der Waals surface area (Å²) in [5, 5.41) is 6.87. The molecule has 1 aromatic heterocycles. The minimum absolute atomic E-state index is 0.146. The van der Waals surface area contributed by atoms with Gasteiger partial charge in [-0.05, 0) is 12.1 Å². The summed E-state index contributed by atoms with van der Waals surface area (Å²) in [6.45, 7) is 0. The van der Waals surface area contributed by atoms with E-state index < -0.39 is 0 Å². The zero-order chi connectivity index (χ0) is 8.39. The van der Waals surface area contributed by atoms with Crippen molar-refractivity contribution >= 4 is 0 Å². The van der Waals surface area contributed by atoms with Crippen LogP contribution in [-0.4, -0.2) is 10.2 Å². The van der Waals surface area contributed by atoms with Crippen molar-refractivity contribution in [2.24, 2.45) is 0 Å². The van der Waals surface area contributed by atoms with Gasteiger partial charge in [-0.15, -0.1) is 10.2 Å². The van der Waals surface area contributed by atoms with Crippen LogP contribution in [-0.2, 0) is 0 Å². The smallest absolute Gasteiger partial charge is 0.306 e. The number of benzene rings is 1. The van der Waals surface area contributed by atoms with Crippen molar-refractivity contribution in [2.75, 3.05) is 0 Å². The predicted molar refractivity (Wildman–Crippen MR) is 38.5 cm³/mol. The maximum Gasteiger partial charge on any atom is 0.306 e. The summed E-state index contributed by atoms with van der Waals surface area (Å²) in [5.74, 6) is -0.233. The van der Waals surface area contributed by atoms with Crippen molar-refractivity contribution in [1.29, 1.82) is 0 Å². The van der Waals surface area contributed by atoms with E-state index in [1.54, 1.807) is 18.2 Å². The van der Waals surface area contributed by atoms with Crippen molar-refractivity contribution in [3.63, 3.8) is 0 Å². The van der Waals surface area contributed by atoms with Crippen LogP contribution in [0.5, 0.6) is 0 Å². The number of nitrogens with zero attached hydrogens (tertiary/aromatic N) is 2. The first-order valence-electron chi connectivity index (χ1n) is 3.32. The molecule has 0 aliphatic rings. The Balaban J connectivity index is 2.55. The third-order valence-electron chi connectivity index (χ3n) is 1.43. The van der Waals surface area contributed by atoms with Gasteiger partial charge in [-0.3, -0.25) is 0 Å². The van der Waals surface area contributed by atoms with Gasteiger partial charge in [0.25, 0.3) is 5.89 Å². The number of hydrogen-bond acceptors (Lipinski definition) is 3. The molecule has 0 bridgehead atoms. The van der Waals surface area contributed by atoms with E-state index in [1.165, 1.54) is 6.07 Å². The molecule has 0 unspecified atom stereocenters. The second-order valence-corrected chi connectivity index (χ2v) is 2.18. The SMILES string of the molecule is Fc1ccccc1-c1nn[c]o1. The summed E-state index contributed by atoms with van der Waals surface area (Å²) < 4.78 is 17.7. The van der Waals surface area contributed by atoms with Crippen LogP contribution in [0.4, 0.5) is 4.39 Å². The highest BCUT2D eigenvalue weighted by molar-refractivity contribution is 5.52. The Kier molecular flexibility index (Phi) is 1.59. The fourth-order valence-electron chi connectivity index (χ4n) is 0.893. The van der Waals surface area contributed by atoms with E-state index in [1.807, 2.05) is 0 Å². The van der Waals surface area contributed by atoms with Crippen molar-refractivity contribution in [1.82, 2.24) is 10.2 Å². The largest absolute Gasteiger partial charge is 0.412 e. The average molecular weight is 163 g/mol. The highest BCUT2D eigenvalue weighted by Gasteiger charge is 2.07. The number of hydrogen-bond donors (Lipinski definition) is 0. The van der Waals surface area contributed by atoms with E-state index in [-0.39, 0.29) is 11.7 Å². The van der Waals surface area contributed by atoms with Crippen LogP contribution in [0.2, 0.25) is 0 Å². The maximum absolute atomic E-state index is 13.0. The molecule has 0 N–H and O–H groups in total. The Bertz CT molecular complexity index is 372. The van der Waals surface area contributed by atoms with Gasteiger partial charge in [-0.25, -0.2) is 4.39 Å². The lowest BCUT2D eigenvalue weighted by atomic mass is 10.2. The lowest BCUT2D eigenvalue weighted by Crippen LogP contribution is -1.82. The van der Waals surface area contributed by atoms with Crippen LogP contribution < -0.4 is 0 Å². The minimum Gasteiger partial charge on any atom is -0.412 e. The summed E-state index contributed by atoms with van der Waals surface area (Å²) >= 11 is 0. The van der Waals surface area contributed by atoms with E-state index in [9.17, 15) is 4.39 Å². The molecule has 0 spiro atoms. The number of aromatic nitrogens is 2. The molecule has 0 saturated heterocycles. The third-order valence-corrected chi connectivity index (χ3v) is 1.43. The van der Waals surface area contributed by atoms with Gasteiger partial charge in [0.05, 0.1) is 5.56 Å². The molecular formula is C8H4FN2O. The highest BCUT2D eigenvalue weighted by atomic mass is 19.1. The average Bonchev–Trinajstić information content (AvgIpc) is 2.57. The molecule has 1 aromatic carbocycles. The first-order valence-corrected chi connectivity index (χ1v) is 3.32. The standard InChI is InChI=1S/C8H4FN2O/c9-7-4-2-1-3-6(7)8-11-10-5-12-8/h1-4H. The fraction of sp³-hybridized carbons (Fsp3) is 0. The minimum atomic E-state index is -0.379. The Morgan fingerprint density at radius 3 is 2.83 bits per heavy atom. The van der Waals surface area contributed by atoms with Gasteiger partial charge in [0, 0.05) is 0 Å². The van der Waals surface area contributed by atoms with Gasteiger partial charge in [-0.1, -0.05) is 12.1 Å². The summed E-state index contributed by atoms with van der Waals surface area (Å²) in [4.78, 5) is 0. The molecule has 1 radical (unpaired) electrons. The summed E-state index contributed by atoms with van der Waals surface area (Å²) in [5.41, 5.74) is 0.297. The van der Waals surface area contributed by atoms with Crippen LogP contribution in [0.3, 0.4) is 0 Å². The van der Waals surface area contributed by atoms with E-state index in [2.05, 4.69) is 16.6 Å². The van der Waals surface area contributed by atoms with E-state index in [0.29, 0.717) is 5.56 Å². The van der Waals surface area contributed by atoms with Crippen molar-refractivity contribution < 1.29 is 8.81 Å². The first-order chi connectivity index (χ1) is 5.88. The van der Waals surface area contributed by atoms with Crippen LogP contribution in [0.1, 0.15) is 0 Å². The van der Waals surface area contributed by atoms with Gasteiger partial charge >= 0.3 is 6.39 Å². The Morgan fingerprint density at radius 2 is 2.17 bits per heavy atom. The summed E-state index contributed by atoms with van der Waals surface area (Å²) in [7, 11) is 0. The Morgan fingerprint density at radius 1 is 1.33 bits per heavy atom. The van der Waals surface area contributed by atoms with Gasteiger partial charge < -0.3 is 4.42 Å². The van der Waals surface area contributed by atoms with Gasteiger partial charge in [0.1, 0.15) is 5.82 Å². The molecule has 59 valence electrons. The van der Waals surface area contributed by atoms with Crippen LogP contribution >= 0.6 is 0 Å². The molecule has 12 heavy (non-hydrogen) atoms. The number of rotatable bonds is 1. The van der Waals surface area contributed by atoms with E-state index >= 15 is 0 Å². The van der Waals surface area contributed by atoms with E-state index in [0.717, 1.165) is 0 Å². The normalized spacial score (nSPS) is 10.1. The second kappa shape index (κ2) is 2.73. The molecule has 0 aliphatic carbocycles. The highest BCUT2D eigenvalue weighted by Crippen LogP contribution is 2.18.